The maximum absolute atomic E-state index is 11.2. The molecule has 0 atom stereocenters. The molecule has 0 radical (unpaired) electrons. The van der Waals surface area contributed by atoms with E-state index in [0.29, 0.717) is 16.9 Å². The van der Waals surface area contributed by atoms with Gasteiger partial charge in [-0.2, -0.15) is 0 Å². The molecule has 0 fully saturated rings. The highest BCUT2D eigenvalue weighted by Crippen LogP contribution is 2.28. The maximum atomic E-state index is 11.2. The van der Waals surface area contributed by atoms with Gasteiger partial charge in [0.05, 0.1) is 5.56 Å². The molecule has 0 aliphatic heterocycles. The molecule has 0 unspecified atom stereocenters. The summed E-state index contributed by atoms with van der Waals surface area (Å²) in [7, 11) is 0. The molecule has 1 aromatic carbocycles. The molecule has 1 heterocycles. The summed E-state index contributed by atoms with van der Waals surface area (Å²) in [6.45, 7) is 0. The number of nitrogens with zero attached hydrogens (tertiary/aromatic N) is 2. The minimum Gasteiger partial charge on any atom is -0.411 e. The van der Waals surface area contributed by atoms with Gasteiger partial charge in [-0.3, -0.25) is 10.1 Å². The Kier molecular flexibility index (Phi) is 5.34. The number of rotatable bonds is 5. The number of thioether (sulfide) groups is 1. The lowest BCUT2D eigenvalue weighted by Gasteiger charge is -1.99. The van der Waals surface area contributed by atoms with Crippen molar-refractivity contribution in [3.05, 3.63) is 28.7 Å². The Morgan fingerprint density at radius 3 is 2.81 bits per heavy atom. The predicted octanol–water partition coefficient (Wildman–Crippen LogP) is 2.18. The van der Waals surface area contributed by atoms with E-state index in [2.05, 4.69) is 26.1 Å². The number of hydrogen-bond acceptors (Lipinski definition) is 6. The Bertz CT molecular complexity index is 661. The molecule has 2 aromatic rings. The number of aromatic nitrogens is 2. The lowest BCUT2D eigenvalue weighted by Crippen LogP contribution is -2.35. The van der Waals surface area contributed by atoms with Gasteiger partial charge >= 0.3 is 6.03 Å². The second-order valence-corrected chi connectivity index (χ2v) is 5.76. The fourth-order valence-corrected chi connectivity index (χ4v) is 2.60. The summed E-state index contributed by atoms with van der Waals surface area (Å²) in [5.74, 6) is 0.351. The van der Waals surface area contributed by atoms with Gasteiger partial charge in [-0.25, -0.2) is 4.79 Å². The van der Waals surface area contributed by atoms with Crippen molar-refractivity contribution in [3.8, 4) is 11.5 Å². The third-order valence-electron chi connectivity index (χ3n) is 2.33. The van der Waals surface area contributed by atoms with Crippen LogP contribution in [0.1, 0.15) is 6.42 Å². The van der Waals surface area contributed by atoms with Crippen molar-refractivity contribution in [2.24, 2.45) is 5.73 Å². The molecular weight excluding hydrogens is 360 g/mol. The first-order valence-electron chi connectivity index (χ1n) is 5.87. The Labute approximate surface area is 132 Å². The van der Waals surface area contributed by atoms with Gasteiger partial charge in [0, 0.05) is 16.6 Å². The average Bonchev–Trinajstić information content (AvgIpc) is 2.87. The topological polar surface area (TPSA) is 111 Å². The molecule has 0 spiro atoms. The summed E-state index contributed by atoms with van der Waals surface area (Å²) in [4.78, 5) is 21.7. The molecule has 1 aromatic heterocycles. The molecule has 0 saturated carbocycles. The lowest BCUT2D eigenvalue weighted by atomic mass is 10.2. The van der Waals surface area contributed by atoms with E-state index in [1.54, 1.807) is 0 Å². The maximum Gasteiger partial charge on any atom is 0.318 e. The molecule has 3 amide bonds. The van der Waals surface area contributed by atoms with Crippen molar-refractivity contribution in [2.75, 3.05) is 5.75 Å². The number of nitrogens with one attached hydrogen (secondary N) is 1. The third kappa shape index (κ3) is 4.57. The molecule has 7 nitrogen and oxygen atoms in total. The van der Waals surface area contributed by atoms with Crippen LogP contribution in [0, 0.1) is 0 Å². The van der Waals surface area contributed by atoms with Crippen molar-refractivity contribution >= 4 is 39.6 Å². The molecule has 0 aliphatic carbocycles. The van der Waals surface area contributed by atoms with Crippen LogP contribution in [0.2, 0.25) is 0 Å². The first kappa shape index (κ1) is 15.5. The number of hydrogen-bond donors (Lipinski definition) is 2. The fourth-order valence-electron chi connectivity index (χ4n) is 1.44. The van der Waals surface area contributed by atoms with Crippen molar-refractivity contribution in [3.63, 3.8) is 0 Å². The van der Waals surface area contributed by atoms with E-state index >= 15 is 0 Å². The molecular formula is C12H11BrN4O3S. The van der Waals surface area contributed by atoms with Gasteiger partial charge in [0.2, 0.25) is 11.8 Å². The first-order valence-corrected chi connectivity index (χ1v) is 7.64. The molecule has 110 valence electrons. The Morgan fingerprint density at radius 2 is 2.10 bits per heavy atom. The first-order chi connectivity index (χ1) is 10.1. The highest BCUT2D eigenvalue weighted by molar-refractivity contribution is 9.10. The van der Waals surface area contributed by atoms with Crippen molar-refractivity contribution < 1.29 is 14.0 Å². The average molecular weight is 371 g/mol. The van der Waals surface area contributed by atoms with E-state index in [1.807, 2.05) is 29.6 Å². The van der Waals surface area contributed by atoms with Crippen LogP contribution in [0.15, 0.2) is 38.4 Å². The Morgan fingerprint density at radius 1 is 1.33 bits per heavy atom. The van der Waals surface area contributed by atoms with E-state index < -0.39 is 11.9 Å². The summed E-state index contributed by atoms with van der Waals surface area (Å²) >= 11 is 4.63. The van der Waals surface area contributed by atoms with Crippen molar-refractivity contribution in [2.45, 2.75) is 11.6 Å². The molecule has 3 N–H and O–H groups in total. The number of carbonyl (C=O) groups is 2. The normalized spacial score (nSPS) is 10.3. The van der Waals surface area contributed by atoms with E-state index in [9.17, 15) is 9.59 Å². The number of urea groups is 1. The highest BCUT2D eigenvalue weighted by atomic mass is 79.9. The standard InChI is InChI=1S/C12H11BrN4O3S/c13-8-4-2-1-3-7(8)10-16-17-12(20-10)21-6-5-9(18)15-11(14)19/h1-4H,5-6H2,(H3,14,15,18,19). The monoisotopic (exact) mass is 370 g/mol. The molecule has 9 heteroatoms. The van der Waals surface area contributed by atoms with E-state index in [1.165, 1.54) is 11.8 Å². The molecule has 0 bridgehead atoms. The second kappa shape index (κ2) is 7.23. The number of nitrogens with two attached hydrogens (primary N) is 1. The van der Waals surface area contributed by atoms with Crippen LogP contribution in [0.3, 0.4) is 0 Å². The van der Waals surface area contributed by atoms with Gasteiger partial charge in [-0.15, -0.1) is 10.2 Å². The van der Waals surface area contributed by atoms with E-state index in [0.717, 1.165) is 10.0 Å². The molecule has 0 aliphatic rings. The van der Waals surface area contributed by atoms with Crippen LogP contribution >= 0.6 is 27.7 Å². The lowest BCUT2D eigenvalue weighted by molar-refractivity contribution is -0.119. The zero-order chi connectivity index (χ0) is 15.2. The van der Waals surface area contributed by atoms with E-state index in [-0.39, 0.29) is 6.42 Å². The Balaban J connectivity index is 1.91. The second-order valence-electron chi connectivity index (χ2n) is 3.86. The molecule has 21 heavy (non-hydrogen) atoms. The van der Waals surface area contributed by atoms with Gasteiger partial charge < -0.3 is 10.2 Å². The zero-order valence-electron chi connectivity index (χ0n) is 10.7. The van der Waals surface area contributed by atoms with Crippen molar-refractivity contribution in [1.82, 2.24) is 15.5 Å². The largest absolute Gasteiger partial charge is 0.411 e. The highest BCUT2D eigenvalue weighted by Gasteiger charge is 2.12. The quantitative estimate of drug-likeness (QED) is 0.780. The summed E-state index contributed by atoms with van der Waals surface area (Å²) in [6, 6.07) is 6.62. The summed E-state index contributed by atoms with van der Waals surface area (Å²) < 4.78 is 6.35. The van der Waals surface area contributed by atoms with Crippen LogP contribution in [0.4, 0.5) is 4.79 Å². The van der Waals surface area contributed by atoms with Gasteiger partial charge in [0.25, 0.3) is 5.22 Å². The van der Waals surface area contributed by atoms with Crippen LogP contribution in [-0.2, 0) is 4.79 Å². The number of primary amides is 1. The molecule has 2 rings (SSSR count). The van der Waals surface area contributed by atoms with Gasteiger partial charge in [-0.05, 0) is 28.1 Å². The van der Waals surface area contributed by atoms with Gasteiger partial charge in [0.15, 0.2) is 0 Å². The Hall–Kier alpha value is -1.87. The minimum atomic E-state index is -0.862. The summed E-state index contributed by atoms with van der Waals surface area (Å²) in [6.07, 6.45) is 0.125. The number of imide groups is 1. The fraction of sp³-hybridized carbons (Fsp3) is 0.167. The third-order valence-corrected chi connectivity index (χ3v) is 3.84. The molecule has 0 saturated heterocycles. The van der Waals surface area contributed by atoms with Crippen molar-refractivity contribution in [1.29, 1.82) is 0 Å². The zero-order valence-corrected chi connectivity index (χ0v) is 13.1. The van der Waals surface area contributed by atoms with Crippen LogP contribution in [-0.4, -0.2) is 27.9 Å². The smallest absolute Gasteiger partial charge is 0.318 e. The number of amides is 3. The number of halogens is 1. The van der Waals surface area contributed by atoms with Gasteiger partial charge in [-0.1, -0.05) is 23.9 Å². The number of carbonyl (C=O) groups excluding carboxylic acids is 2. The predicted molar refractivity (Wildman–Crippen MR) is 80.5 cm³/mol. The minimum absolute atomic E-state index is 0.125. The summed E-state index contributed by atoms with van der Waals surface area (Å²) in [5.41, 5.74) is 5.63. The summed E-state index contributed by atoms with van der Waals surface area (Å²) in [5, 5.41) is 10.2. The number of benzene rings is 1. The van der Waals surface area contributed by atoms with Gasteiger partial charge in [0.1, 0.15) is 0 Å². The van der Waals surface area contributed by atoms with Crippen LogP contribution in [0.25, 0.3) is 11.5 Å². The SMILES string of the molecule is NC(=O)NC(=O)CCSc1nnc(-c2ccccc2Br)o1. The van der Waals surface area contributed by atoms with E-state index in [4.69, 9.17) is 10.2 Å². The van der Waals surface area contributed by atoms with Crippen LogP contribution in [0.5, 0.6) is 0 Å². The van der Waals surface area contributed by atoms with Crippen LogP contribution < -0.4 is 11.1 Å².